The number of ether oxygens (including phenoxy) is 2. The first-order chi connectivity index (χ1) is 17.4. The number of rotatable bonds is 10. The number of amides is 1. The smallest absolute Gasteiger partial charge is 0.311 e. The molecule has 1 amide bonds. The van der Waals surface area contributed by atoms with Crippen molar-refractivity contribution < 1.29 is 19.2 Å². The number of hydrogen-bond acceptors (Lipinski definition) is 6. The van der Waals surface area contributed by atoms with E-state index < -0.39 is 17.4 Å². The highest BCUT2D eigenvalue weighted by atomic mass is 16.6. The van der Waals surface area contributed by atoms with Crippen LogP contribution in [0.5, 0.6) is 11.5 Å². The van der Waals surface area contributed by atoms with E-state index in [1.165, 1.54) is 12.3 Å². The minimum atomic E-state index is -0.541. The van der Waals surface area contributed by atoms with Crippen molar-refractivity contribution in [3.05, 3.63) is 75.8 Å². The summed E-state index contributed by atoms with van der Waals surface area (Å²) in [6.45, 7) is 12.5. The molecule has 1 N–H and O–H groups in total. The van der Waals surface area contributed by atoms with Gasteiger partial charge in [0, 0.05) is 11.6 Å². The maximum atomic E-state index is 12.4. The van der Waals surface area contributed by atoms with E-state index in [1.807, 2.05) is 49.4 Å². The number of nitro groups is 1. The lowest BCUT2D eigenvalue weighted by molar-refractivity contribution is -0.385. The zero-order valence-corrected chi connectivity index (χ0v) is 22.3. The molecule has 37 heavy (non-hydrogen) atoms. The number of carbonyl (C=O) groups excluding carboxylic acids is 1. The third kappa shape index (κ3) is 7.29. The fraction of sp³-hybridized carbons (Fsp3) is 0.379. The predicted octanol–water partition coefficient (Wildman–Crippen LogP) is 6.39. The first-order valence-corrected chi connectivity index (χ1v) is 12.3. The summed E-state index contributed by atoms with van der Waals surface area (Å²) < 4.78 is 11.2. The molecule has 8 nitrogen and oxygen atoms in total. The van der Waals surface area contributed by atoms with Crippen molar-refractivity contribution in [1.82, 2.24) is 5.43 Å². The van der Waals surface area contributed by atoms with Gasteiger partial charge in [0.1, 0.15) is 5.75 Å². The number of carbonyl (C=O) groups is 1. The van der Waals surface area contributed by atoms with Crippen molar-refractivity contribution >= 4 is 28.6 Å². The van der Waals surface area contributed by atoms with Gasteiger partial charge in [-0.25, -0.2) is 5.43 Å². The minimum Gasteiger partial charge on any atom is -0.493 e. The van der Waals surface area contributed by atoms with Crippen LogP contribution in [0.1, 0.15) is 59.1 Å². The average molecular weight is 506 g/mol. The highest BCUT2D eigenvalue weighted by molar-refractivity contribution is 6.02. The van der Waals surface area contributed by atoms with Gasteiger partial charge < -0.3 is 9.47 Å². The molecule has 0 aliphatic rings. The Balaban J connectivity index is 1.71. The molecule has 3 aromatic carbocycles. The van der Waals surface area contributed by atoms with Crippen LogP contribution in [-0.2, 0) is 10.2 Å². The lowest BCUT2D eigenvalue weighted by atomic mass is 9.72. The van der Waals surface area contributed by atoms with Crippen LogP contribution in [0.3, 0.4) is 0 Å². The van der Waals surface area contributed by atoms with Gasteiger partial charge in [0.05, 0.1) is 17.7 Å². The van der Waals surface area contributed by atoms with E-state index in [0.717, 1.165) is 28.3 Å². The standard InChI is InChI=1S/C29H35N3O5/c1-7-36-25-14-12-20-10-8-9-11-22(20)23(25)17-30-31-27(33)18-37-26-15-13-21(16-24(26)32(34)35)29(5,6)19-28(2,3)4/h8-17H,7,18-19H2,1-6H3,(H,31,33). The van der Waals surface area contributed by atoms with E-state index in [4.69, 9.17) is 9.47 Å². The normalized spacial score (nSPS) is 12.1. The van der Waals surface area contributed by atoms with E-state index in [2.05, 4.69) is 45.1 Å². The third-order valence-electron chi connectivity index (χ3n) is 5.88. The Morgan fingerprint density at radius 1 is 1.03 bits per heavy atom. The van der Waals surface area contributed by atoms with Gasteiger partial charge >= 0.3 is 5.69 Å². The number of nitrogens with one attached hydrogen (secondary N) is 1. The molecule has 0 heterocycles. The summed E-state index contributed by atoms with van der Waals surface area (Å²) in [4.78, 5) is 23.6. The number of benzene rings is 3. The van der Waals surface area contributed by atoms with Gasteiger partial charge in [-0.05, 0) is 52.6 Å². The molecule has 8 heteroatoms. The second kappa shape index (κ2) is 11.4. The number of nitrogens with zero attached hydrogens (tertiary/aromatic N) is 2. The van der Waals surface area contributed by atoms with E-state index in [-0.39, 0.29) is 22.3 Å². The Morgan fingerprint density at radius 3 is 2.41 bits per heavy atom. The second-order valence-electron chi connectivity index (χ2n) is 10.8. The van der Waals surface area contributed by atoms with Crippen LogP contribution in [0.2, 0.25) is 0 Å². The van der Waals surface area contributed by atoms with Crippen molar-refractivity contribution in [3.8, 4) is 11.5 Å². The summed E-state index contributed by atoms with van der Waals surface area (Å²) in [6.07, 6.45) is 2.37. The molecule has 0 saturated heterocycles. The predicted molar refractivity (Wildman–Crippen MR) is 147 cm³/mol. The Bertz CT molecular complexity index is 1310. The number of hydrazone groups is 1. The van der Waals surface area contributed by atoms with Gasteiger partial charge in [0.25, 0.3) is 5.91 Å². The molecule has 0 radical (unpaired) electrons. The molecule has 0 aliphatic heterocycles. The summed E-state index contributed by atoms with van der Waals surface area (Å²) in [5.74, 6) is 0.147. The van der Waals surface area contributed by atoms with E-state index in [9.17, 15) is 14.9 Å². The molecule has 0 saturated carbocycles. The Morgan fingerprint density at radius 2 is 1.73 bits per heavy atom. The minimum absolute atomic E-state index is 0.0344. The molecule has 0 aromatic heterocycles. The second-order valence-corrected chi connectivity index (χ2v) is 10.8. The van der Waals surface area contributed by atoms with Crippen molar-refractivity contribution in [1.29, 1.82) is 0 Å². The maximum absolute atomic E-state index is 12.4. The van der Waals surface area contributed by atoms with Crippen LogP contribution in [-0.4, -0.2) is 30.3 Å². The molecule has 0 spiro atoms. The molecule has 0 unspecified atom stereocenters. The summed E-state index contributed by atoms with van der Waals surface area (Å²) >= 11 is 0. The highest BCUT2D eigenvalue weighted by Crippen LogP contribution is 2.39. The van der Waals surface area contributed by atoms with Crippen molar-refractivity contribution in [2.24, 2.45) is 10.5 Å². The van der Waals surface area contributed by atoms with Crippen molar-refractivity contribution in [2.45, 2.75) is 53.4 Å². The lowest BCUT2D eigenvalue weighted by Crippen LogP contribution is -2.26. The molecule has 3 aromatic rings. The SMILES string of the molecule is CCOc1ccc2ccccc2c1C=NNC(=O)COc1ccc(C(C)(C)CC(C)(C)C)cc1[N+](=O)[O-]. The fourth-order valence-electron chi connectivity index (χ4n) is 4.67. The first-order valence-electron chi connectivity index (χ1n) is 12.3. The van der Waals surface area contributed by atoms with Gasteiger partial charge in [-0.3, -0.25) is 14.9 Å². The first kappa shape index (κ1) is 27.6. The maximum Gasteiger partial charge on any atom is 0.311 e. The van der Waals surface area contributed by atoms with Crippen molar-refractivity contribution in [2.75, 3.05) is 13.2 Å². The molecule has 0 fully saturated rings. The summed E-state index contributed by atoms with van der Waals surface area (Å²) in [6, 6.07) is 16.5. The van der Waals surface area contributed by atoms with Crippen LogP contribution in [0, 0.1) is 15.5 Å². The fourth-order valence-corrected chi connectivity index (χ4v) is 4.67. The lowest BCUT2D eigenvalue weighted by Gasteiger charge is -2.33. The van der Waals surface area contributed by atoms with E-state index >= 15 is 0 Å². The summed E-state index contributed by atoms with van der Waals surface area (Å²) in [5, 5.41) is 17.8. The van der Waals surface area contributed by atoms with Crippen LogP contribution in [0.25, 0.3) is 10.8 Å². The monoisotopic (exact) mass is 505 g/mol. The third-order valence-corrected chi connectivity index (χ3v) is 5.88. The highest BCUT2D eigenvalue weighted by Gasteiger charge is 2.30. The van der Waals surface area contributed by atoms with Gasteiger partial charge in [0.15, 0.2) is 12.4 Å². The van der Waals surface area contributed by atoms with Crippen molar-refractivity contribution in [3.63, 3.8) is 0 Å². The average Bonchev–Trinajstić information content (AvgIpc) is 2.82. The quantitative estimate of drug-likeness (QED) is 0.195. The number of fused-ring (bicyclic) bond motifs is 1. The zero-order chi connectivity index (χ0) is 27.2. The van der Waals surface area contributed by atoms with Gasteiger partial charge in [-0.1, -0.05) is 71.0 Å². The van der Waals surface area contributed by atoms with E-state index in [0.29, 0.717) is 12.4 Å². The summed E-state index contributed by atoms with van der Waals surface area (Å²) in [7, 11) is 0. The van der Waals surface area contributed by atoms with E-state index in [1.54, 1.807) is 6.07 Å². The number of nitro benzene ring substituents is 1. The van der Waals surface area contributed by atoms with Gasteiger partial charge in [-0.15, -0.1) is 0 Å². The van der Waals surface area contributed by atoms with Gasteiger partial charge in [-0.2, -0.15) is 5.10 Å². The molecule has 0 bridgehead atoms. The molecular formula is C29H35N3O5. The largest absolute Gasteiger partial charge is 0.493 e. The van der Waals surface area contributed by atoms with Crippen LogP contribution in [0.15, 0.2) is 59.7 Å². The molecule has 196 valence electrons. The molecule has 0 aliphatic carbocycles. The van der Waals surface area contributed by atoms with Crippen LogP contribution >= 0.6 is 0 Å². The zero-order valence-electron chi connectivity index (χ0n) is 22.3. The Hall–Kier alpha value is -3.94. The molecule has 0 atom stereocenters. The Labute approximate surface area is 217 Å². The number of hydrogen-bond donors (Lipinski definition) is 1. The topological polar surface area (TPSA) is 103 Å². The summed E-state index contributed by atoms with van der Waals surface area (Å²) in [5.41, 5.74) is 3.63. The van der Waals surface area contributed by atoms with Crippen LogP contribution < -0.4 is 14.9 Å². The molecule has 3 rings (SSSR count). The van der Waals surface area contributed by atoms with Gasteiger partial charge in [0.2, 0.25) is 0 Å². The molecular weight excluding hydrogens is 470 g/mol. The Kier molecular flexibility index (Phi) is 8.53. The van der Waals surface area contributed by atoms with Crippen LogP contribution in [0.4, 0.5) is 5.69 Å².